The lowest BCUT2D eigenvalue weighted by molar-refractivity contribution is -0.134. The highest BCUT2D eigenvalue weighted by Gasteiger charge is 2.45. The summed E-state index contributed by atoms with van der Waals surface area (Å²) < 4.78 is 5.21. The molecule has 4 rings (SSSR count). The molecule has 0 unspecified atom stereocenters. The van der Waals surface area contributed by atoms with Crippen LogP contribution in [0.4, 0.5) is 0 Å². The SMILES string of the molecule is COc1nccc2cc(C(=O)N[C@@H](C)C(=O)N3CCC4(CC3)CC4)[nH]c12. The lowest BCUT2D eigenvalue weighted by Crippen LogP contribution is -2.49. The van der Waals surface area contributed by atoms with Crippen LogP contribution in [0, 0.1) is 5.41 Å². The maximum atomic E-state index is 12.6. The second-order valence-corrected chi connectivity index (χ2v) is 7.49. The van der Waals surface area contributed by atoms with Gasteiger partial charge in [-0.2, -0.15) is 0 Å². The summed E-state index contributed by atoms with van der Waals surface area (Å²) in [6, 6.07) is 2.99. The number of nitrogens with one attached hydrogen (secondary N) is 2. The van der Waals surface area contributed by atoms with E-state index < -0.39 is 6.04 Å². The van der Waals surface area contributed by atoms with Crippen LogP contribution in [0.1, 0.15) is 43.1 Å². The molecule has 7 heteroatoms. The van der Waals surface area contributed by atoms with Gasteiger partial charge in [0.05, 0.1) is 7.11 Å². The monoisotopic (exact) mass is 356 g/mol. The van der Waals surface area contributed by atoms with Gasteiger partial charge in [0.2, 0.25) is 11.8 Å². The minimum atomic E-state index is -0.554. The van der Waals surface area contributed by atoms with Crippen molar-refractivity contribution >= 4 is 22.7 Å². The van der Waals surface area contributed by atoms with Crippen molar-refractivity contribution in [3.63, 3.8) is 0 Å². The number of amides is 2. The van der Waals surface area contributed by atoms with Crippen LogP contribution in [-0.2, 0) is 4.79 Å². The smallest absolute Gasteiger partial charge is 0.268 e. The first-order valence-electron chi connectivity index (χ1n) is 9.13. The van der Waals surface area contributed by atoms with Gasteiger partial charge in [0.25, 0.3) is 5.91 Å². The first-order valence-corrected chi connectivity index (χ1v) is 9.13. The van der Waals surface area contributed by atoms with Gasteiger partial charge in [0.15, 0.2) is 0 Å². The Balaban J connectivity index is 1.41. The lowest BCUT2D eigenvalue weighted by atomic mass is 9.93. The molecule has 3 heterocycles. The van der Waals surface area contributed by atoms with Gasteiger partial charge in [-0.3, -0.25) is 9.59 Å². The van der Waals surface area contributed by atoms with E-state index >= 15 is 0 Å². The summed E-state index contributed by atoms with van der Waals surface area (Å²) in [5, 5.41) is 3.64. The lowest BCUT2D eigenvalue weighted by Gasteiger charge is -2.33. The molecule has 7 nitrogen and oxygen atoms in total. The van der Waals surface area contributed by atoms with Gasteiger partial charge in [0, 0.05) is 24.7 Å². The number of aromatic amines is 1. The number of nitrogens with zero attached hydrogens (tertiary/aromatic N) is 2. The summed E-state index contributed by atoms with van der Waals surface area (Å²) in [4.78, 5) is 34.2. The van der Waals surface area contributed by atoms with Crippen molar-refractivity contribution in [3.05, 3.63) is 24.0 Å². The molecule has 1 spiro atoms. The Labute approximate surface area is 152 Å². The van der Waals surface area contributed by atoms with Crippen molar-refractivity contribution in [2.24, 2.45) is 5.41 Å². The highest BCUT2D eigenvalue weighted by Crippen LogP contribution is 2.53. The molecule has 2 amide bonds. The van der Waals surface area contributed by atoms with E-state index in [2.05, 4.69) is 15.3 Å². The Hall–Kier alpha value is -2.57. The maximum Gasteiger partial charge on any atom is 0.268 e. The van der Waals surface area contributed by atoms with Gasteiger partial charge in [-0.1, -0.05) is 0 Å². The molecular weight excluding hydrogens is 332 g/mol. The fourth-order valence-corrected chi connectivity index (χ4v) is 3.79. The second-order valence-electron chi connectivity index (χ2n) is 7.49. The molecule has 138 valence electrons. The average Bonchev–Trinajstić information content (AvgIpc) is 3.25. The first-order chi connectivity index (χ1) is 12.5. The quantitative estimate of drug-likeness (QED) is 0.878. The number of methoxy groups -OCH3 is 1. The Kier molecular flexibility index (Phi) is 4.09. The van der Waals surface area contributed by atoms with Gasteiger partial charge in [0.1, 0.15) is 17.3 Å². The molecule has 26 heavy (non-hydrogen) atoms. The summed E-state index contributed by atoms with van der Waals surface area (Å²) in [7, 11) is 1.54. The van der Waals surface area contributed by atoms with Crippen molar-refractivity contribution in [3.8, 4) is 5.88 Å². The number of carbonyl (C=O) groups is 2. The zero-order chi connectivity index (χ0) is 18.3. The van der Waals surface area contributed by atoms with Crippen LogP contribution in [0.2, 0.25) is 0 Å². The van der Waals surface area contributed by atoms with Crippen molar-refractivity contribution in [1.82, 2.24) is 20.2 Å². The Morgan fingerprint density at radius 1 is 1.31 bits per heavy atom. The Morgan fingerprint density at radius 2 is 2.04 bits per heavy atom. The number of rotatable bonds is 4. The molecule has 1 aliphatic heterocycles. The van der Waals surface area contributed by atoms with Gasteiger partial charge in [-0.15, -0.1) is 0 Å². The normalized spacial score (nSPS) is 19.4. The minimum Gasteiger partial charge on any atom is -0.479 e. The number of hydrogen-bond acceptors (Lipinski definition) is 4. The highest BCUT2D eigenvalue weighted by atomic mass is 16.5. The van der Waals surface area contributed by atoms with E-state index in [1.807, 2.05) is 4.90 Å². The van der Waals surface area contributed by atoms with E-state index in [-0.39, 0.29) is 11.8 Å². The standard InChI is InChI=1S/C19H24N4O3/c1-12(18(25)23-9-6-19(4-5-19)7-10-23)21-16(24)14-11-13-3-8-20-17(26-2)15(13)22-14/h3,8,11-12,22H,4-7,9-10H2,1-2H3,(H,21,24)/t12-/m0/s1. The van der Waals surface area contributed by atoms with E-state index in [4.69, 9.17) is 4.74 Å². The predicted molar refractivity (Wildman–Crippen MR) is 97.1 cm³/mol. The Bertz CT molecular complexity index is 846. The molecule has 0 bridgehead atoms. The van der Waals surface area contributed by atoms with Crippen LogP contribution in [0.25, 0.3) is 10.9 Å². The number of pyridine rings is 1. The maximum absolute atomic E-state index is 12.6. The van der Waals surface area contributed by atoms with Crippen LogP contribution < -0.4 is 10.1 Å². The molecule has 1 saturated carbocycles. The van der Waals surface area contributed by atoms with E-state index in [1.54, 1.807) is 25.3 Å². The fourth-order valence-electron chi connectivity index (χ4n) is 3.79. The van der Waals surface area contributed by atoms with Crippen LogP contribution >= 0.6 is 0 Å². The topological polar surface area (TPSA) is 87.3 Å². The number of aromatic nitrogens is 2. The average molecular weight is 356 g/mol. The van der Waals surface area contributed by atoms with Crippen LogP contribution in [0.5, 0.6) is 5.88 Å². The molecule has 2 N–H and O–H groups in total. The van der Waals surface area contributed by atoms with Crippen molar-refractivity contribution in [2.45, 2.75) is 38.6 Å². The molecule has 1 aliphatic carbocycles. The van der Waals surface area contributed by atoms with Crippen LogP contribution in [0.15, 0.2) is 18.3 Å². The third kappa shape index (κ3) is 3.02. The number of carbonyl (C=O) groups excluding carboxylic acids is 2. The number of hydrogen-bond donors (Lipinski definition) is 2. The summed E-state index contributed by atoms with van der Waals surface area (Å²) in [6.07, 6.45) is 6.42. The van der Waals surface area contributed by atoms with Crippen molar-refractivity contribution in [1.29, 1.82) is 0 Å². The Morgan fingerprint density at radius 3 is 2.69 bits per heavy atom. The summed E-state index contributed by atoms with van der Waals surface area (Å²) >= 11 is 0. The third-order valence-corrected chi connectivity index (χ3v) is 5.76. The minimum absolute atomic E-state index is 0.00999. The van der Waals surface area contributed by atoms with E-state index in [9.17, 15) is 9.59 Å². The van der Waals surface area contributed by atoms with Gasteiger partial charge < -0.3 is 19.9 Å². The second kappa shape index (κ2) is 6.30. The summed E-state index contributed by atoms with van der Waals surface area (Å²) in [5.74, 6) is 0.122. The largest absolute Gasteiger partial charge is 0.479 e. The van der Waals surface area contributed by atoms with E-state index in [1.165, 1.54) is 20.0 Å². The van der Waals surface area contributed by atoms with E-state index in [0.29, 0.717) is 22.5 Å². The summed E-state index contributed by atoms with van der Waals surface area (Å²) in [6.45, 7) is 3.34. The predicted octanol–water partition coefficient (Wildman–Crippen LogP) is 2.09. The number of piperidine rings is 1. The molecular formula is C19H24N4O3. The highest BCUT2D eigenvalue weighted by molar-refractivity contribution is 6.00. The van der Waals surface area contributed by atoms with Crippen LogP contribution in [0.3, 0.4) is 0 Å². The molecule has 2 aliphatic rings. The van der Waals surface area contributed by atoms with Crippen molar-refractivity contribution < 1.29 is 14.3 Å². The molecule has 0 aromatic carbocycles. The number of H-pyrrole nitrogens is 1. The molecule has 2 aromatic heterocycles. The number of fused-ring (bicyclic) bond motifs is 1. The number of ether oxygens (including phenoxy) is 1. The van der Waals surface area contributed by atoms with Gasteiger partial charge in [-0.25, -0.2) is 4.98 Å². The third-order valence-electron chi connectivity index (χ3n) is 5.76. The van der Waals surface area contributed by atoms with Crippen molar-refractivity contribution in [2.75, 3.05) is 20.2 Å². The summed E-state index contributed by atoms with van der Waals surface area (Å²) in [5.41, 5.74) is 1.59. The molecule has 1 atom stereocenters. The van der Waals surface area contributed by atoms with Gasteiger partial charge in [-0.05, 0) is 50.2 Å². The zero-order valence-corrected chi connectivity index (χ0v) is 15.2. The fraction of sp³-hybridized carbons (Fsp3) is 0.526. The zero-order valence-electron chi connectivity index (χ0n) is 15.2. The molecule has 0 radical (unpaired) electrons. The van der Waals surface area contributed by atoms with Gasteiger partial charge >= 0.3 is 0 Å². The molecule has 2 aromatic rings. The first kappa shape index (κ1) is 16.9. The number of likely N-dealkylation sites (tertiary alicyclic amines) is 1. The van der Waals surface area contributed by atoms with E-state index in [0.717, 1.165) is 31.3 Å². The molecule has 1 saturated heterocycles. The molecule has 2 fully saturated rings. The van der Waals surface area contributed by atoms with Crippen LogP contribution in [-0.4, -0.2) is 52.9 Å².